The van der Waals surface area contributed by atoms with E-state index in [1.165, 1.54) is 27.1 Å². The van der Waals surface area contributed by atoms with Crippen LogP contribution in [0.2, 0.25) is 0 Å². The molecule has 5 unspecified atom stereocenters. The van der Waals surface area contributed by atoms with E-state index in [1.807, 2.05) is 41.8 Å². The molecule has 1 aliphatic carbocycles. The summed E-state index contributed by atoms with van der Waals surface area (Å²) < 4.78 is 10.8. The molecule has 1 saturated heterocycles. The van der Waals surface area contributed by atoms with Crippen LogP contribution in [0.1, 0.15) is 60.4 Å². The number of hydrogen-bond acceptors (Lipinski definition) is 9. The Balaban J connectivity index is 1.52. The highest BCUT2D eigenvalue weighted by Crippen LogP contribution is 2.45. The Bertz CT molecular complexity index is 1720. The van der Waals surface area contributed by atoms with Crippen LogP contribution in [0.15, 0.2) is 54.4 Å². The first-order chi connectivity index (χ1) is 23.0. The monoisotopic (exact) mass is 692 g/mol. The van der Waals surface area contributed by atoms with Crippen molar-refractivity contribution in [3.63, 3.8) is 0 Å². The van der Waals surface area contributed by atoms with Crippen LogP contribution in [-0.2, 0) is 19.1 Å². The number of benzene rings is 1. The van der Waals surface area contributed by atoms with Crippen LogP contribution in [-0.4, -0.2) is 85.8 Å². The van der Waals surface area contributed by atoms with Gasteiger partial charge in [0.15, 0.2) is 0 Å². The molecule has 1 aromatic carbocycles. The SMILES string of the molecule is C=CC1CC1(NC(=O)C1CC(n2nc(-c3ccc(OC)cc3)c(-c3cccs3)n2)CN1C(=O)C(NC(=O)OC(C)(C)C)C(C)(C)C)C(=O)O. The predicted molar refractivity (Wildman–Crippen MR) is 184 cm³/mol. The van der Waals surface area contributed by atoms with Gasteiger partial charge >= 0.3 is 12.1 Å². The molecule has 3 amide bonds. The predicted octanol–water partition coefficient (Wildman–Crippen LogP) is 4.91. The van der Waals surface area contributed by atoms with Gasteiger partial charge in [0.25, 0.3) is 0 Å². The fourth-order valence-corrected chi connectivity index (χ4v) is 6.75. The van der Waals surface area contributed by atoms with Crippen molar-refractivity contribution in [2.45, 2.75) is 83.6 Å². The molecule has 2 aromatic heterocycles. The molecule has 0 spiro atoms. The number of aromatic nitrogens is 3. The molecule has 3 heterocycles. The number of nitrogens with zero attached hydrogens (tertiary/aromatic N) is 4. The summed E-state index contributed by atoms with van der Waals surface area (Å²) in [6, 6.07) is 8.60. The molecule has 0 radical (unpaired) electrons. The van der Waals surface area contributed by atoms with Crippen molar-refractivity contribution < 1.29 is 33.8 Å². The van der Waals surface area contributed by atoms with E-state index in [4.69, 9.17) is 19.7 Å². The molecular formula is C35H44N6O7S. The Morgan fingerprint density at radius 2 is 1.76 bits per heavy atom. The van der Waals surface area contributed by atoms with Crippen LogP contribution >= 0.6 is 11.3 Å². The van der Waals surface area contributed by atoms with E-state index in [0.29, 0.717) is 17.1 Å². The summed E-state index contributed by atoms with van der Waals surface area (Å²) in [4.78, 5) is 57.5. The third kappa shape index (κ3) is 7.48. The number of amides is 3. The fourth-order valence-electron chi connectivity index (χ4n) is 6.04. The minimum absolute atomic E-state index is 0.0328. The van der Waals surface area contributed by atoms with Gasteiger partial charge in [-0.15, -0.1) is 17.9 Å². The molecule has 2 fully saturated rings. The van der Waals surface area contributed by atoms with Gasteiger partial charge in [-0.1, -0.05) is 32.9 Å². The maximum Gasteiger partial charge on any atom is 0.408 e. The van der Waals surface area contributed by atoms with E-state index >= 15 is 0 Å². The summed E-state index contributed by atoms with van der Waals surface area (Å²) in [5, 5.41) is 27.2. The van der Waals surface area contributed by atoms with E-state index in [-0.39, 0.29) is 19.4 Å². The van der Waals surface area contributed by atoms with Gasteiger partial charge in [0.1, 0.15) is 40.4 Å². The number of carboxylic acids is 1. The minimum Gasteiger partial charge on any atom is -0.497 e. The first-order valence-corrected chi connectivity index (χ1v) is 17.0. The molecule has 14 heteroatoms. The maximum absolute atomic E-state index is 14.4. The standard InChI is InChI=1S/C35H44N6O7S/c1-9-21-18-35(21,31(44)45)37-29(42)24-17-22(19-40(24)30(43)28(33(2,3)4)36-32(46)48-34(5,6)7)41-38-26(20-12-14-23(47-8)15-13-20)27(39-41)25-11-10-16-49-25/h9-16,21-22,24,28H,1,17-19H2,2-8H3,(H,36,46)(H,37,42)(H,44,45). The Hall–Kier alpha value is -4.72. The number of thiophene rings is 1. The zero-order chi connectivity index (χ0) is 35.9. The number of rotatable bonds is 10. The summed E-state index contributed by atoms with van der Waals surface area (Å²) in [6.45, 7) is 14.3. The molecule has 3 N–H and O–H groups in total. The number of carboxylic acid groups (broad SMARTS) is 1. The Labute approximate surface area is 289 Å². The molecule has 3 aromatic rings. The van der Waals surface area contributed by atoms with Gasteiger partial charge in [-0.2, -0.15) is 15.0 Å². The molecule has 0 bridgehead atoms. The van der Waals surface area contributed by atoms with Gasteiger partial charge in [-0.25, -0.2) is 9.59 Å². The van der Waals surface area contributed by atoms with Crippen LogP contribution in [0.5, 0.6) is 5.75 Å². The van der Waals surface area contributed by atoms with Crippen LogP contribution < -0.4 is 15.4 Å². The lowest BCUT2D eigenvalue weighted by molar-refractivity contribution is -0.146. The first kappa shape index (κ1) is 35.6. The highest BCUT2D eigenvalue weighted by molar-refractivity contribution is 7.13. The first-order valence-electron chi connectivity index (χ1n) is 16.1. The van der Waals surface area contributed by atoms with Gasteiger partial charge in [-0.3, -0.25) is 9.59 Å². The van der Waals surface area contributed by atoms with Gasteiger partial charge < -0.3 is 30.1 Å². The third-order valence-corrected chi connectivity index (χ3v) is 9.62. The number of methoxy groups -OCH3 is 1. The number of nitrogens with one attached hydrogen (secondary N) is 2. The number of carbonyl (C=O) groups is 4. The molecule has 5 atom stereocenters. The van der Waals surface area contributed by atoms with Crippen molar-refractivity contribution in [2.24, 2.45) is 11.3 Å². The quantitative estimate of drug-likeness (QED) is 0.251. The van der Waals surface area contributed by atoms with E-state index in [0.717, 1.165) is 10.4 Å². The highest BCUT2D eigenvalue weighted by Gasteiger charge is 2.61. The minimum atomic E-state index is -1.50. The summed E-state index contributed by atoms with van der Waals surface area (Å²) in [6.07, 6.45) is 1.04. The Morgan fingerprint density at radius 3 is 2.29 bits per heavy atom. The number of carbonyl (C=O) groups excluding carboxylic acids is 3. The lowest BCUT2D eigenvalue weighted by Gasteiger charge is -2.36. The van der Waals surface area contributed by atoms with Gasteiger partial charge in [0, 0.05) is 24.4 Å². The van der Waals surface area contributed by atoms with E-state index < -0.39 is 64.5 Å². The summed E-state index contributed by atoms with van der Waals surface area (Å²) in [5.74, 6) is -2.05. The average Bonchev–Trinajstić information content (AvgIpc) is 3.47. The second-order valence-electron chi connectivity index (χ2n) is 14.6. The molecular weight excluding hydrogens is 648 g/mol. The lowest BCUT2D eigenvalue weighted by atomic mass is 9.85. The van der Waals surface area contributed by atoms with Crippen LogP contribution in [0.4, 0.5) is 4.79 Å². The summed E-state index contributed by atoms with van der Waals surface area (Å²) in [5.41, 5.74) is -1.02. The topological polar surface area (TPSA) is 165 Å². The second-order valence-corrected chi connectivity index (χ2v) is 15.5. The molecule has 49 heavy (non-hydrogen) atoms. The van der Waals surface area contributed by atoms with Crippen molar-refractivity contribution in [2.75, 3.05) is 13.7 Å². The van der Waals surface area contributed by atoms with E-state index in [9.17, 15) is 24.3 Å². The number of likely N-dealkylation sites (tertiary alicyclic amines) is 1. The molecule has 2 aliphatic rings. The fraction of sp³-hybridized carbons (Fsp3) is 0.486. The second kappa shape index (κ2) is 13.3. The zero-order valence-electron chi connectivity index (χ0n) is 28.9. The number of alkyl carbamates (subject to hydrolysis) is 1. The van der Waals surface area contributed by atoms with Crippen LogP contribution in [0.3, 0.4) is 0 Å². The number of aliphatic carboxylic acids is 1. The molecule has 5 rings (SSSR count). The smallest absolute Gasteiger partial charge is 0.408 e. The van der Waals surface area contributed by atoms with Crippen molar-refractivity contribution in [3.05, 3.63) is 54.4 Å². The molecule has 13 nitrogen and oxygen atoms in total. The van der Waals surface area contributed by atoms with Crippen molar-refractivity contribution in [1.29, 1.82) is 0 Å². The largest absolute Gasteiger partial charge is 0.497 e. The lowest BCUT2D eigenvalue weighted by Crippen LogP contribution is -2.59. The average molecular weight is 693 g/mol. The van der Waals surface area contributed by atoms with Crippen molar-refractivity contribution in [1.82, 2.24) is 30.5 Å². The van der Waals surface area contributed by atoms with Crippen LogP contribution in [0, 0.1) is 11.3 Å². The van der Waals surface area contributed by atoms with Crippen molar-refractivity contribution in [3.8, 4) is 27.6 Å². The Kier molecular flexibility index (Phi) is 9.66. The molecule has 1 saturated carbocycles. The normalized spacial score (nSPS) is 22.6. The van der Waals surface area contributed by atoms with Gasteiger partial charge in [0.05, 0.1) is 18.0 Å². The third-order valence-electron chi connectivity index (χ3n) is 8.74. The maximum atomic E-state index is 14.4. The molecule has 262 valence electrons. The summed E-state index contributed by atoms with van der Waals surface area (Å²) in [7, 11) is 1.59. The van der Waals surface area contributed by atoms with Gasteiger partial charge in [-0.05, 0) is 68.3 Å². The highest BCUT2D eigenvalue weighted by atomic mass is 32.1. The van der Waals surface area contributed by atoms with Crippen molar-refractivity contribution >= 4 is 35.2 Å². The number of ether oxygens (including phenoxy) is 2. The van der Waals surface area contributed by atoms with Crippen LogP contribution in [0.25, 0.3) is 21.8 Å². The van der Waals surface area contributed by atoms with Gasteiger partial charge in [0.2, 0.25) is 11.8 Å². The number of hydrogen-bond donors (Lipinski definition) is 3. The zero-order valence-corrected chi connectivity index (χ0v) is 29.7. The molecule has 1 aliphatic heterocycles. The summed E-state index contributed by atoms with van der Waals surface area (Å²) >= 11 is 1.51. The van der Waals surface area contributed by atoms with E-state index in [1.54, 1.807) is 48.7 Å². The van der Waals surface area contributed by atoms with E-state index in [2.05, 4.69) is 17.2 Å². The Morgan fingerprint density at radius 1 is 1.08 bits per heavy atom.